The first-order valence-electron chi connectivity index (χ1n) is 5.05. The molecular formula is C10H14IN3. The van der Waals surface area contributed by atoms with Gasteiger partial charge in [-0.2, -0.15) is 0 Å². The van der Waals surface area contributed by atoms with Gasteiger partial charge in [0.1, 0.15) is 0 Å². The van der Waals surface area contributed by atoms with Crippen LogP contribution in [0, 0.1) is 3.57 Å². The summed E-state index contributed by atoms with van der Waals surface area (Å²) in [4.78, 5) is 11.1. The van der Waals surface area contributed by atoms with Crippen molar-refractivity contribution in [2.75, 3.05) is 11.4 Å². The molecule has 0 bridgehead atoms. The normalized spacial score (nSPS) is 21.6. The topological polar surface area (TPSA) is 29.0 Å². The van der Waals surface area contributed by atoms with Crippen molar-refractivity contribution in [3.63, 3.8) is 0 Å². The summed E-state index contributed by atoms with van der Waals surface area (Å²) in [5, 5.41) is 0. The van der Waals surface area contributed by atoms with E-state index in [1.807, 2.05) is 12.4 Å². The number of hydrogen-bond donors (Lipinski definition) is 0. The lowest BCUT2D eigenvalue weighted by atomic mass is 10.2. The molecule has 76 valence electrons. The van der Waals surface area contributed by atoms with Gasteiger partial charge in [0.05, 0.1) is 0 Å². The van der Waals surface area contributed by atoms with E-state index in [0.29, 0.717) is 6.04 Å². The Morgan fingerprint density at radius 1 is 1.50 bits per heavy atom. The van der Waals surface area contributed by atoms with Gasteiger partial charge in [-0.15, -0.1) is 0 Å². The lowest BCUT2D eigenvalue weighted by Crippen LogP contribution is -2.30. The van der Waals surface area contributed by atoms with Gasteiger partial charge in [-0.25, -0.2) is 9.97 Å². The minimum absolute atomic E-state index is 0.648. The zero-order chi connectivity index (χ0) is 9.97. The molecule has 0 radical (unpaired) electrons. The maximum atomic E-state index is 4.37. The molecule has 1 saturated heterocycles. The minimum Gasteiger partial charge on any atom is -0.338 e. The van der Waals surface area contributed by atoms with Crippen molar-refractivity contribution < 1.29 is 0 Å². The number of aromatic nitrogens is 2. The third-order valence-electron chi connectivity index (χ3n) is 2.71. The molecule has 1 aliphatic heterocycles. The van der Waals surface area contributed by atoms with Crippen molar-refractivity contribution in [1.29, 1.82) is 0 Å². The Bertz CT molecular complexity index is 299. The zero-order valence-electron chi connectivity index (χ0n) is 8.28. The SMILES string of the molecule is CCC1CCCN1c1ncc(I)cn1. The van der Waals surface area contributed by atoms with Crippen LogP contribution in [0.15, 0.2) is 12.4 Å². The lowest BCUT2D eigenvalue weighted by molar-refractivity contribution is 0.634. The first-order chi connectivity index (χ1) is 6.81. The summed E-state index contributed by atoms with van der Waals surface area (Å²) in [6.07, 6.45) is 7.51. The summed E-state index contributed by atoms with van der Waals surface area (Å²) in [6.45, 7) is 3.34. The maximum absolute atomic E-state index is 4.37. The molecule has 3 nitrogen and oxygen atoms in total. The van der Waals surface area contributed by atoms with Crippen LogP contribution in [0.1, 0.15) is 26.2 Å². The fourth-order valence-corrected chi connectivity index (χ4v) is 2.26. The second-order valence-corrected chi connectivity index (χ2v) is 4.84. The summed E-state index contributed by atoms with van der Waals surface area (Å²) in [6, 6.07) is 0.648. The van der Waals surface area contributed by atoms with Gasteiger partial charge in [0, 0.05) is 28.6 Å². The molecule has 0 aromatic carbocycles. The van der Waals surface area contributed by atoms with Crippen molar-refractivity contribution in [2.24, 2.45) is 0 Å². The summed E-state index contributed by atoms with van der Waals surface area (Å²) in [7, 11) is 0. The summed E-state index contributed by atoms with van der Waals surface area (Å²) >= 11 is 2.23. The number of nitrogens with zero attached hydrogens (tertiary/aromatic N) is 3. The largest absolute Gasteiger partial charge is 0.338 e. The molecule has 0 amide bonds. The van der Waals surface area contributed by atoms with E-state index < -0.39 is 0 Å². The predicted octanol–water partition coefficient (Wildman–Crippen LogP) is 2.46. The van der Waals surface area contributed by atoms with Crippen LogP contribution in [-0.2, 0) is 0 Å². The first kappa shape index (κ1) is 10.1. The molecule has 0 aliphatic carbocycles. The standard InChI is InChI=1S/C10H14IN3/c1-2-9-4-3-5-14(9)10-12-6-8(11)7-13-10/h6-7,9H,2-5H2,1H3. The Labute approximate surface area is 98.1 Å². The van der Waals surface area contributed by atoms with Crippen LogP contribution in [-0.4, -0.2) is 22.6 Å². The van der Waals surface area contributed by atoms with Gasteiger partial charge in [0.25, 0.3) is 0 Å². The van der Waals surface area contributed by atoms with Gasteiger partial charge >= 0.3 is 0 Å². The Kier molecular flexibility index (Phi) is 3.20. The summed E-state index contributed by atoms with van der Waals surface area (Å²) < 4.78 is 1.10. The van der Waals surface area contributed by atoms with Crippen LogP contribution in [0.5, 0.6) is 0 Å². The van der Waals surface area contributed by atoms with E-state index in [-0.39, 0.29) is 0 Å². The zero-order valence-corrected chi connectivity index (χ0v) is 10.4. The molecule has 0 N–H and O–H groups in total. The van der Waals surface area contributed by atoms with E-state index in [0.717, 1.165) is 16.1 Å². The van der Waals surface area contributed by atoms with Gasteiger partial charge in [0.2, 0.25) is 5.95 Å². The molecule has 1 aromatic rings. The monoisotopic (exact) mass is 303 g/mol. The third-order valence-corrected chi connectivity index (χ3v) is 3.27. The van der Waals surface area contributed by atoms with Gasteiger partial charge in [0.15, 0.2) is 0 Å². The highest BCUT2D eigenvalue weighted by molar-refractivity contribution is 14.1. The molecule has 1 atom stereocenters. The average molecular weight is 303 g/mol. The number of hydrogen-bond acceptors (Lipinski definition) is 3. The number of anilines is 1. The van der Waals surface area contributed by atoms with Crippen LogP contribution in [0.25, 0.3) is 0 Å². The highest BCUT2D eigenvalue weighted by Crippen LogP contribution is 2.23. The minimum atomic E-state index is 0.648. The van der Waals surface area contributed by atoms with E-state index >= 15 is 0 Å². The Morgan fingerprint density at radius 2 is 2.21 bits per heavy atom. The second kappa shape index (κ2) is 4.42. The van der Waals surface area contributed by atoms with Crippen LogP contribution in [0.2, 0.25) is 0 Å². The molecule has 0 spiro atoms. The van der Waals surface area contributed by atoms with E-state index in [1.165, 1.54) is 19.3 Å². The molecule has 0 saturated carbocycles. The van der Waals surface area contributed by atoms with Crippen molar-refractivity contribution in [1.82, 2.24) is 9.97 Å². The van der Waals surface area contributed by atoms with Crippen molar-refractivity contribution in [2.45, 2.75) is 32.2 Å². The van der Waals surface area contributed by atoms with Gasteiger partial charge < -0.3 is 4.90 Å². The maximum Gasteiger partial charge on any atom is 0.225 e. The van der Waals surface area contributed by atoms with Gasteiger partial charge in [-0.05, 0) is 41.9 Å². The Morgan fingerprint density at radius 3 is 2.86 bits per heavy atom. The van der Waals surface area contributed by atoms with E-state index in [1.54, 1.807) is 0 Å². The van der Waals surface area contributed by atoms with E-state index in [9.17, 15) is 0 Å². The van der Waals surface area contributed by atoms with Gasteiger partial charge in [-0.3, -0.25) is 0 Å². The predicted molar refractivity (Wildman–Crippen MR) is 65.4 cm³/mol. The molecule has 1 unspecified atom stereocenters. The lowest BCUT2D eigenvalue weighted by Gasteiger charge is -2.23. The van der Waals surface area contributed by atoms with Crippen molar-refractivity contribution in [3.05, 3.63) is 16.0 Å². The first-order valence-corrected chi connectivity index (χ1v) is 6.13. The molecule has 1 fully saturated rings. The van der Waals surface area contributed by atoms with Crippen molar-refractivity contribution >= 4 is 28.5 Å². The van der Waals surface area contributed by atoms with Crippen LogP contribution >= 0.6 is 22.6 Å². The summed E-state index contributed by atoms with van der Waals surface area (Å²) in [5.74, 6) is 0.898. The Hall–Kier alpha value is -0.390. The Balaban J connectivity index is 2.17. The highest BCUT2D eigenvalue weighted by Gasteiger charge is 2.24. The van der Waals surface area contributed by atoms with E-state index in [2.05, 4.69) is 44.4 Å². The third kappa shape index (κ3) is 1.99. The van der Waals surface area contributed by atoms with Crippen LogP contribution in [0.4, 0.5) is 5.95 Å². The number of rotatable bonds is 2. The molecule has 1 aliphatic rings. The molecule has 4 heteroatoms. The molecule has 2 rings (SSSR count). The highest BCUT2D eigenvalue weighted by atomic mass is 127. The fourth-order valence-electron chi connectivity index (χ4n) is 1.98. The van der Waals surface area contributed by atoms with E-state index in [4.69, 9.17) is 0 Å². The molecular weight excluding hydrogens is 289 g/mol. The fraction of sp³-hybridized carbons (Fsp3) is 0.600. The van der Waals surface area contributed by atoms with Crippen molar-refractivity contribution in [3.8, 4) is 0 Å². The van der Waals surface area contributed by atoms with Gasteiger partial charge in [-0.1, -0.05) is 6.92 Å². The van der Waals surface area contributed by atoms with Crippen LogP contribution in [0.3, 0.4) is 0 Å². The van der Waals surface area contributed by atoms with Crippen LogP contribution < -0.4 is 4.90 Å². The molecule has 2 heterocycles. The quantitative estimate of drug-likeness (QED) is 0.786. The summed E-state index contributed by atoms with van der Waals surface area (Å²) in [5.41, 5.74) is 0. The molecule has 1 aromatic heterocycles. The smallest absolute Gasteiger partial charge is 0.225 e. The second-order valence-electron chi connectivity index (χ2n) is 3.60. The average Bonchev–Trinajstić information content (AvgIpc) is 2.67. The molecule has 14 heavy (non-hydrogen) atoms. The number of halogens is 1.